The van der Waals surface area contributed by atoms with Gasteiger partial charge in [-0.1, -0.05) is 37.1 Å². The number of imide groups is 1. The number of hydrogen-bond acceptors (Lipinski definition) is 9. The van der Waals surface area contributed by atoms with Crippen LogP contribution in [0.3, 0.4) is 0 Å². The Morgan fingerprint density at radius 2 is 1.91 bits per heavy atom. The summed E-state index contributed by atoms with van der Waals surface area (Å²) in [4.78, 5) is 28.5. The molecule has 5 N–H and O–H groups in total. The fourth-order valence-corrected chi connectivity index (χ4v) is 7.11. The van der Waals surface area contributed by atoms with Crippen molar-refractivity contribution in [3.63, 3.8) is 0 Å². The van der Waals surface area contributed by atoms with Gasteiger partial charge in [0.15, 0.2) is 11.5 Å². The number of aliphatic hydroxyl groups excluding tert-OH is 2. The lowest BCUT2D eigenvalue weighted by atomic mass is 9.68. The van der Waals surface area contributed by atoms with Gasteiger partial charge in [0.25, 0.3) is 0 Å². The highest BCUT2D eigenvalue weighted by Crippen LogP contribution is 2.47. The van der Waals surface area contributed by atoms with Crippen molar-refractivity contribution in [1.82, 2.24) is 0 Å². The number of hydrogen-bond donors (Lipinski definition) is 5. The van der Waals surface area contributed by atoms with Crippen LogP contribution in [0.4, 0.5) is 5.69 Å². The first-order valence-electron chi connectivity index (χ1n) is 14.7. The lowest BCUT2D eigenvalue weighted by molar-refractivity contribution is -0.123. The van der Waals surface area contributed by atoms with Crippen molar-refractivity contribution in [3.05, 3.63) is 62.3 Å². The minimum atomic E-state index is -1.77. The molecule has 1 aliphatic carbocycles. The van der Waals surface area contributed by atoms with Crippen LogP contribution in [-0.4, -0.2) is 77.8 Å². The fourth-order valence-electron chi connectivity index (χ4n) is 6.48. The lowest BCUT2D eigenvalue weighted by Crippen LogP contribution is -2.40. The minimum Gasteiger partial charge on any atom is -0.504 e. The Morgan fingerprint density at radius 1 is 1.16 bits per heavy atom. The summed E-state index contributed by atoms with van der Waals surface area (Å²) in [6.07, 6.45) is 3.78. The number of phenols is 1. The Balaban J connectivity index is 1.62. The van der Waals surface area contributed by atoms with Crippen LogP contribution >= 0.6 is 22.6 Å². The van der Waals surface area contributed by atoms with E-state index in [-0.39, 0.29) is 29.9 Å². The predicted octanol–water partition coefficient (Wildman–Crippen LogP) is 2.77. The zero-order valence-electron chi connectivity index (χ0n) is 25.1. The lowest BCUT2D eigenvalue weighted by Gasteiger charge is -2.36. The molecule has 236 valence electrons. The third-order valence-corrected chi connectivity index (χ3v) is 9.26. The van der Waals surface area contributed by atoms with Crippen LogP contribution in [0.15, 0.2) is 53.1 Å². The van der Waals surface area contributed by atoms with E-state index < -0.39 is 49.4 Å². The zero-order chi connectivity index (χ0) is 32.1. The molecule has 44 heavy (non-hydrogen) atoms. The number of nitrogens with zero attached hydrogens (tertiary/aromatic N) is 1. The van der Waals surface area contributed by atoms with Gasteiger partial charge in [-0.3, -0.25) is 14.5 Å². The molecule has 0 unspecified atom stereocenters. The molecule has 4 rings (SSSR count). The van der Waals surface area contributed by atoms with E-state index in [0.29, 0.717) is 33.3 Å². The standard InChI is InChI=1S/C32H39BINO9/c1-4-6-18(11-19-12-25(34)30(38)27(13-19)44-3)9-10-26(37)28-20(17-43-2)14-23-29(24(28)16-36)32(40)35(31(23)39)22-8-5-7-21(15-22)33(41)42/h5,7-8,11-13,15,23-24,26,29,36-38,41-42H,4,6,9-10,14,16-17H2,1-3H3/b18-11+/t23-,24+,26-,29-/m1/s1. The first kappa shape index (κ1) is 34.1. The summed E-state index contributed by atoms with van der Waals surface area (Å²) in [5.41, 5.74) is 3.55. The van der Waals surface area contributed by atoms with Crippen molar-refractivity contribution in [1.29, 1.82) is 0 Å². The number of rotatable bonds is 13. The van der Waals surface area contributed by atoms with Gasteiger partial charge in [-0.05, 0) is 94.7 Å². The molecule has 2 amide bonds. The molecule has 2 aliphatic rings. The molecule has 12 heteroatoms. The molecule has 0 radical (unpaired) electrons. The molecule has 0 saturated carbocycles. The highest BCUT2D eigenvalue weighted by atomic mass is 127. The van der Waals surface area contributed by atoms with Gasteiger partial charge in [0.2, 0.25) is 11.8 Å². The van der Waals surface area contributed by atoms with E-state index in [1.807, 2.05) is 12.1 Å². The van der Waals surface area contributed by atoms with Gasteiger partial charge in [-0.2, -0.15) is 0 Å². The van der Waals surface area contributed by atoms with Crippen molar-refractivity contribution in [3.8, 4) is 11.5 Å². The van der Waals surface area contributed by atoms with Gasteiger partial charge < -0.3 is 34.8 Å². The summed E-state index contributed by atoms with van der Waals surface area (Å²) >= 11 is 2.05. The van der Waals surface area contributed by atoms with E-state index in [4.69, 9.17) is 9.47 Å². The smallest absolute Gasteiger partial charge is 0.488 e. The van der Waals surface area contributed by atoms with Crippen molar-refractivity contribution in [2.45, 2.75) is 45.1 Å². The number of carbonyl (C=O) groups excluding carboxylic acids is 2. The number of amides is 2. The van der Waals surface area contributed by atoms with E-state index in [1.165, 1.54) is 32.4 Å². The zero-order valence-corrected chi connectivity index (χ0v) is 27.2. The number of benzene rings is 2. The normalized spacial score (nSPS) is 21.1. The minimum absolute atomic E-state index is 0.0816. The van der Waals surface area contributed by atoms with Crippen molar-refractivity contribution in [2.24, 2.45) is 17.8 Å². The summed E-state index contributed by atoms with van der Waals surface area (Å²) in [5.74, 6) is -2.88. The maximum atomic E-state index is 13.8. The summed E-state index contributed by atoms with van der Waals surface area (Å²) in [7, 11) is 1.25. The molecule has 1 aliphatic heterocycles. The molecule has 2 aromatic carbocycles. The number of anilines is 1. The number of aliphatic hydroxyl groups is 2. The van der Waals surface area contributed by atoms with Crippen molar-refractivity contribution in [2.75, 3.05) is 32.3 Å². The number of aromatic hydroxyl groups is 1. The van der Waals surface area contributed by atoms with Crippen LogP contribution in [-0.2, 0) is 14.3 Å². The summed E-state index contributed by atoms with van der Waals surface area (Å²) in [6.45, 7) is 1.77. The molecule has 0 bridgehead atoms. The largest absolute Gasteiger partial charge is 0.504 e. The van der Waals surface area contributed by atoms with E-state index in [9.17, 15) is 35.0 Å². The topological polar surface area (TPSA) is 157 Å². The Kier molecular flexibility index (Phi) is 11.7. The number of carbonyl (C=O) groups is 2. The number of phenolic OH excluding ortho intramolecular Hbond substituents is 1. The van der Waals surface area contributed by atoms with Gasteiger partial charge in [0.1, 0.15) is 0 Å². The monoisotopic (exact) mass is 719 g/mol. The Morgan fingerprint density at radius 3 is 2.55 bits per heavy atom. The summed E-state index contributed by atoms with van der Waals surface area (Å²) < 4.78 is 11.4. The van der Waals surface area contributed by atoms with Gasteiger partial charge in [-0.15, -0.1) is 0 Å². The second-order valence-corrected chi connectivity index (χ2v) is 12.4. The number of fused-ring (bicyclic) bond motifs is 1. The first-order valence-corrected chi connectivity index (χ1v) is 15.7. The molecule has 10 nitrogen and oxygen atoms in total. The van der Waals surface area contributed by atoms with Crippen LogP contribution in [0.1, 0.15) is 44.6 Å². The third-order valence-electron chi connectivity index (χ3n) is 8.44. The van der Waals surface area contributed by atoms with Crippen molar-refractivity contribution >= 4 is 58.7 Å². The van der Waals surface area contributed by atoms with E-state index in [1.54, 1.807) is 12.1 Å². The second kappa shape index (κ2) is 15.0. The van der Waals surface area contributed by atoms with E-state index in [2.05, 4.69) is 29.5 Å². The molecule has 1 saturated heterocycles. The Hall–Kier alpha value is -2.75. The van der Waals surface area contributed by atoms with Crippen LogP contribution < -0.4 is 15.1 Å². The fraction of sp³-hybridized carbons (Fsp3) is 0.438. The number of halogens is 1. The SMILES string of the molecule is CCC/C(=C\c1cc(I)c(O)c(OC)c1)CC[C@@H](O)C1=C(COC)C[C@H]2C(=O)N(c3cccc(B(O)O)c3)C(=O)[C@H]2[C@H]1CO. The van der Waals surface area contributed by atoms with Gasteiger partial charge in [0.05, 0.1) is 47.5 Å². The number of allylic oxidation sites excluding steroid dienone is 1. The molecule has 2 aromatic rings. The Labute approximate surface area is 271 Å². The number of methoxy groups -OCH3 is 2. The second-order valence-electron chi connectivity index (χ2n) is 11.3. The van der Waals surface area contributed by atoms with Crippen LogP contribution in [0.5, 0.6) is 11.5 Å². The molecule has 4 atom stereocenters. The maximum absolute atomic E-state index is 13.8. The Bertz CT molecular complexity index is 1440. The maximum Gasteiger partial charge on any atom is 0.488 e. The number of ether oxygens (including phenoxy) is 2. The molecule has 1 fully saturated rings. The third kappa shape index (κ3) is 7.05. The average Bonchev–Trinajstić information content (AvgIpc) is 3.25. The van der Waals surface area contributed by atoms with Crippen LogP contribution in [0, 0.1) is 21.3 Å². The first-order chi connectivity index (χ1) is 21.1. The van der Waals surface area contributed by atoms with Crippen molar-refractivity contribution < 1.29 is 44.4 Å². The van der Waals surface area contributed by atoms with E-state index >= 15 is 0 Å². The molecule has 0 aromatic heterocycles. The average molecular weight is 719 g/mol. The molecule has 1 heterocycles. The molecule has 0 spiro atoms. The molecular weight excluding hydrogens is 680 g/mol. The highest BCUT2D eigenvalue weighted by molar-refractivity contribution is 14.1. The van der Waals surface area contributed by atoms with Gasteiger partial charge >= 0.3 is 7.12 Å². The predicted molar refractivity (Wildman–Crippen MR) is 175 cm³/mol. The summed E-state index contributed by atoms with van der Waals surface area (Å²) in [5, 5.41) is 51.7. The highest BCUT2D eigenvalue weighted by Gasteiger charge is 2.55. The quantitative estimate of drug-likeness (QED) is 0.0910. The molecular formula is C32H39BINO9. The van der Waals surface area contributed by atoms with Gasteiger partial charge in [0, 0.05) is 13.0 Å². The summed E-state index contributed by atoms with van der Waals surface area (Å²) in [6, 6.07) is 9.58. The van der Waals surface area contributed by atoms with Gasteiger partial charge in [-0.25, -0.2) is 0 Å². The van der Waals surface area contributed by atoms with Crippen LogP contribution in [0.25, 0.3) is 6.08 Å². The van der Waals surface area contributed by atoms with Crippen LogP contribution in [0.2, 0.25) is 0 Å². The van der Waals surface area contributed by atoms with E-state index in [0.717, 1.165) is 28.9 Å².